The van der Waals surface area contributed by atoms with Crippen LogP contribution in [0.5, 0.6) is 11.5 Å². The lowest BCUT2D eigenvalue weighted by atomic mass is 10.1. The summed E-state index contributed by atoms with van der Waals surface area (Å²) >= 11 is 0. The number of rotatable bonds is 5. The Hall–Kier alpha value is -3.16. The van der Waals surface area contributed by atoms with Crippen molar-refractivity contribution in [3.05, 3.63) is 41.7 Å². The van der Waals surface area contributed by atoms with Crippen LogP contribution >= 0.6 is 0 Å². The number of ether oxygens (including phenoxy) is 1. The summed E-state index contributed by atoms with van der Waals surface area (Å²) in [6.45, 7) is 0.480. The van der Waals surface area contributed by atoms with E-state index >= 15 is 0 Å². The van der Waals surface area contributed by atoms with Gasteiger partial charge in [0.25, 0.3) is 5.91 Å². The molecule has 1 N–H and O–H groups in total. The summed E-state index contributed by atoms with van der Waals surface area (Å²) in [6, 6.07) is 4.31. The van der Waals surface area contributed by atoms with E-state index in [2.05, 4.69) is 5.10 Å². The second-order valence-electron chi connectivity index (χ2n) is 5.70. The first-order valence-electron chi connectivity index (χ1n) is 7.77. The number of carbonyl (C=O) groups excluding carboxylic acids is 3. The third-order valence-corrected chi connectivity index (χ3v) is 4.05. The molecule has 3 rings (SSSR count). The predicted octanol–water partition coefficient (Wildman–Crippen LogP) is 1.09. The number of aromatic nitrogens is 2. The highest BCUT2D eigenvalue weighted by Crippen LogP contribution is 2.25. The van der Waals surface area contributed by atoms with Crippen molar-refractivity contribution in [1.82, 2.24) is 14.7 Å². The van der Waals surface area contributed by atoms with Crippen molar-refractivity contribution in [2.45, 2.75) is 12.8 Å². The Morgan fingerprint density at radius 1 is 1.36 bits per heavy atom. The van der Waals surface area contributed by atoms with Crippen molar-refractivity contribution < 1.29 is 24.2 Å². The van der Waals surface area contributed by atoms with E-state index in [9.17, 15) is 19.5 Å². The maximum Gasteiger partial charge on any atom is 0.266 e. The number of nitrogens with zero attached hydrogens (tertiary/aromatic N) is 3. The van der Waals surface area contributed by atoms with Crippen LogP contribution in [0.3, 0.4) is 0 Å². The van der Waals surface area contributed by atoms with Gasteiger partial charge in [-0.1, -0.05) is 0 Å². The fourth-order valence-electron chi connectivity index (χ4n) is 2.66. The number of likely N-dealkylation sites (tertiary alicyclic amines) is 1. The van der Waals surface area contributed by atoms with Crippen molar-refractivity contribution in [2.75, 3.05) is 20.2 Å². The molecule has 1 aromatic heterocycles. The SMILES string of the molecule is COc1ccc(O)c(C(=O)c2cnn(C(=O)CN3CCCC3=O)c2)c1. The zero-order valence-electron chi connectivity index (χ0n) is 13.6. The van der Waals surface area contributed by atoms with Gasteiger partial charge in [0.15, 0.2) is 5.78 Å². The molecule has 8 heteroatoms. The molecule has 25 heavy (non-hydrogen) atoms. The molecule has 0 aliphatic carbocycles. The number of aromatic hydroxyl groups is 1. The fourth-order valence-corrected chi connectivity index (χ4v) is 2.66. The number of hydrogen-bond acceptors (Lipinski definition) is 6. The molecule has 1 saturated heterocycles. The largest absolute Gasteiger partial charge is 0.507 e. The van der Waals surface area contributed by atoms with Crippen LogP contribution in [0.4, 0.5) is 0 Å². The molecule has 1 aliphatic rings. The first-order valence-corrected chi connectivity index (χ1v) is 7.77. The van der Waals surface area contributed by atoms with Gasteiger partial charge in [0.05, 0.1) is 24.4 Å². The average molecular weight is 343 g/mol. The molecular weight excluding hydrogens is 326 g/mol. The topological polar surface area (TPSA) is 102 Å². The monoisotopic (exact) mass is 343 g/mol. The first kappa shape index (κ1) is 16.7. The maximum atomic E-state index is 12.5. The molecule has 2 heterocycles. The van der Waals surface area contributed by atoms with E-state index in [-0.39, 0.29) is 29.3 Å². The van der Waals surface area contributed by atoms with Gasteiger partial charge in [0.1, 0.15) is 18.0 Å². The van der Waals surface area contributed by atoms with E-state index in [4.69, 9.17) is 4.74 Å². The summed E-state index contributed by atoms with van der Waals surface area (Å²) in [5.41, 5.74) is 0.214. The van der Waals surface area contributed by atoms with Crippen LogP contribution in [0.15, 0.2) is 30.6 Å². The normalized spacial score (nSPS) is 14.0. The Balaban J connectivity index is 1.77. The molecule has 1 amide bonds. The molecule has 0 unspecified atom stereocenters. The number of amides is 1. The lowest BCUT2D eigenvalue weighted by Gasteiger charge is -2.13. The van der Waals surface area contributed by atoms with E-state index in [0.717, 1.165) is 11.1 Å². The lowest BCUT2D eigenvalue weighted by Crippen LogP contribution is -2.33. The molecule has 0 saturated carbocycles. The molecule has 2 aromatic rings. The summed E-state index contributed by atoms with van der Waals surface area (Å²) in [5, 5.41) is 13.8. The summed E-state index contributed by atoms with van der Waals surface area (Å²) in [5.74, 6) is -0.695. The van der Waals surface area contributed by atoms with Gasteiger partial charge in [-0.05, 0) is 24.6 Å². The van der Waals surface area contributed by atoms with Crippen LogP contribution in [-0.4, -0.2) is 57.6 Å². The number of hydrogen-bond donors (Lipinski definition) is 1. The average Bonchev–Trinajstić information content (AvgIpc) is 3.24. The van der Waals surface area contributed by atoms with E-state index in [1.54, 1.807) is 0 Å². The predicted molar refractivity (Wildman–Crippen MR) is 86.8 cm³/mol. The Morgan fingerprint density at radius 2 is 2.16 bits per heavy atom. The number of carbonyl (C=O) groups is 3. The summed E-state index contributed by atoms with van der Waals surface area (Å²) in [4.78, 5) is 37.8. The summed E-state index contributed by atoms with van der Waals surface area (Å²) in [6.07, 6.45) is 3.74. The minimum atomic E-state index is -0.479. The van der Waals surface area contributed by atoms with E-state index in [1.807, 2.05) is 0 Å². The Bertz CT molecular complexity index is 843. The Labute approximate surface area is 143 Å². The number of ketones is 1. The second kappa shape index (κ2) is 6.76. The van der Waals surface area contributed by atoms with Gasteiger partial charge in [-0.25, -0.2) is 4.68 Å². The van der Waals surface area contributed by atoms with Gasteiger partial charge >= 0.3 is 0 Å². The van der Waals surface area contributed by atoms with Gasteiger partial charge in [-0.3, -0.25) is 14.4 Å². The van der Waals surface area contributed by atoms with E-state index in [0.29, 0.717) is 18.7 Å². The van der Waals surface area contributed by atoms with Crippen LogP contribution < -0.4 is 4.74 Å². The molecule has 8 nitrogen and oxygen atoms in total. The highest BCUT2D eigenvalue weighted by Gasteiger charge is 2.24. The van der Waals surface area contributed by atoms with Crippen LogP contribution in [0.2, 0.25) is 0 Å². The van der Waals surface area contributed by atoms with Crippen LogP contribution in [0.1, 0.15) is 33.6 Å². The van der Waals surface area contributed by atoms with Gasteiger partial charge in [-0.2, -0.15) is 5.10 Å². The van der Waals surface area contributed by atoms with Gasteiger partial charge in [0.2, 0.25) is 5.91 Å². The van der Waals surface area contributed by atoms with Crippen molar-refractivity contribution >= 4 is 17.6 Å². The molecule has 0 atom stereocenters. The molecule has 0 radical (unpaired) electrons. The zero-order chi connectivity index (χ0) is 18.0. The fraction of sp³-hybridized carbons (Fsp3) is 0.294. The highest BCUT2D eigenvalue weighted by molar-refractivity contribution is 6.10. The molecule has 1 aromatic carbocycles. The van der Waals surface area contributed by atoms with Gasteiger partial charge < -0.3 is 14.7 Å². The lowest BCUT2D eigenvalue weighted by molar-refractivity contribution is -0.127. The van der Waals surface area contributed by atoms with Crippen molar-refractivity contribution in [3.63, 3.8) is 0 Å². The Morgan fingerprint density at radius 3 is 2.84 bits per heavy atom. The molecule has 0 spiro atoms. The van der Waals surface area contributed by atoms with Crippen LogP contribution in [0.25, 0.3) is 0 Å². The van der Waals surface area contributed by atoms with Crippen LogP contribution in [0, 0.1) is 0 Å². The van der Waals surface area contributed by atoms with E-state index in [1.165, 1.54) is 42.6 Å². The smallest absolute Gasteiger partial charge is 0.266 e. The Kier molecular flexibility index (Phi) is 4.51. The molecular formula is C17H17N3O5. The minimum absolute atomic E-state index is 0.0565. The molecule has 1 fully saturated rings. The third-order valence-electron chi connectivity index (χ3n) is 4.05. The first-order chi connectivity index (χ1) is 12.0. The summed E-state index contributed by atoms with van der Waals surface area (Å²) in [7, 11) is 1.46. The number of benzene rings is 1. The minimum Gasteiger partial charge on any atom is -0.507 e. The van der Waals surface area contributed by atoms with E-state index < -0.39 is 11.7 Å². The standard InChI is InChI=1S/C17H17N3O5/c1-25-12-4-5-14(21)13(7-12)17(24)11-8-18-20(9-11)16(23)10-19-6-2-3-15(19)22/h4-5,7-9,21H,2-3,6,10H2,1H3. The van der Waals surface area contributed by atoms with Crippen molar-refractivity contribution in [1.29, 1.82) is 0 Å². The second-order valence-corrected chi connectivity index (χ2v) is 5.70. The van der Waals surface area contributed by atoms with Gasteiger partial charge in [-0.15, -0.1) is 0 Å². The molecule has 0 bridgehead atoms. The molecule has 130 valence electrons. The maximum absolute atomic E-state index is 12.5. The number of phenolic OH excluding ortho intramolecular Hbond substituents is 1. The number of methoxy groups -OCH3 is 1. The molecule has 1 aliphatic heterocycles. The highest BCUT2D eigenvalue weighted by atomic mass is 16.5. The zero-order valence-corrected chi connectivity index (χ0v) is 13.6. The quantitative estimate of drug-likeness (QED) is 0.816. The third kappa shape index (κ3) is 3.37. The van der Waals surface area contributed by atoms with Crippen molar-refractivity contribution in [3.8, 4) is 11.5 Å². The van der Waals surface area contributed by atoms with Gasteiger partial charge in [0, 0.05) is 19.2 Å². The number of phenols is 1. The summed E-state index contributed by atoms with van der Waals surface area (Å²) < 4.78 is 6.09. The van der Waals surface area contributed by atoms with Crippen molar-refractivity contribution in [2.24, 2.45) is 0 Å². The van der Waals surface area contributed by atoms with Crippen LogP contribution in [-0.2, 0) is 4.79 Å².